The van der Waals surface area contributed by atoms with Gasteiger partial charge in [-0.05, 0) is 31.4 Å². The number of alkyl halides is 13. The van der Waals surface area contributed by atoms with E-state index in [2.05, 4.69) is 4.57 Å². The fourth-order valence-electron chi connectivity index (χ4n) is 4.62. The minimum atomic E-state index is -7.85. The lowest BCUT2D eigenvalue weighted by molar-refractivity contribution is -0.693. The largest absolute Gasteiger partial charge is 0.460 e. The Morgan fingerprint density at radius 1 is 0.622 bits per heavy atom. The maximum atomic E-state index is 13.8. The third-order valence-electron chi connectivity index (χ3n) is 7.54. The van der Waals surface area contributed by atoms with Gasteiger partial charge < -0.3 is 0 Å². The average molecular weight is 714 g/mol. The molecule has 0 amide bonds. The van der Waals surface area contributed by atoms with Crippen molar-refractivity contribution in [2.75, 3.05) is 0 Å². The molecule has 0 radical (unpaired) electrons. The molecule has 1 aromatic heterocycles. The van der Waals surface area contributed by atoms with Gasteiger partial charge in [-0.15, -0.1) is 0 Å². The summed E-state index contributed by atoms with van der Waals surface area (Å²) in [5.41, 5.74) is 0.803. The highest BCUT2D eigenvalue weighted by molar-refractivity contribution is 6.35. The lowest BCUT2D eigenvalue weighted by Crippen LogP contribution is -2.70. The highest BCUT2D eigenvalue weighted by Crippen LogP contribution is 2.60. The van der Waals surface area contributed by atoms with E-state index in [-0.39, 0.29) is 12.8 Å². The van der Waals surface area contributed by atoms with Crippen molar-refractivity contribution in [3.8, 4) is 0 Å². The van der Waals surface area contributed by atoms with Crippen LogP contribution in [0.25, 0.3) is 0 Å². The molecular formula is C28H32Cl2F13N2+. The van der Waals surface area contributed by atoms with Crippen LogP contribution in [0.5, 0.6) is 0 Å². The zero-order valence-electron chi connectivity index (χ0n) is 23.9. The Hall–Kier alpha value is -1.90. The van der Waals surface area contributed by atoms with Crippen LogP contribution in [-0.4, -0.2) is 40.4 Å². The summed E-state index contributed by atoms with van der Waals surface area (Å²) in [7, 11) is 0. The molecule has 0 spiro atoms. The van der Waals surface area contributed by atoms with Crippen molar-refractivity contribution < 1.29 is 61.6 Å². The summed E-state index contributed by atoms with van der Waals surface area (Å²) in [6, 6.07) is 5.27. The monoisotopic (exact) mass is 713 g/mol. The SMILES string of the molecule is Cc1n(CCCCCCCCCCCC(F)(F)C(F)(F)C(F)(F)C(F)(F)C(F)(F)C(F)(F)F)cc[n+]1Cc1c(Cl)cccc1Cl. The van der Waals surface area contributed by atoms with Crippen molar-refractivity contribution in [1.82, 2.24) is 4.57 Å². The van der Waals surface area contributed by atoms with Crippen LogP contribution in [0.15, 0.2) is 30.6 Å². The van der Waals surface area contributed by atoms with Gasteiger partial charge in [0.05, 0.1) is 6.54 Å². The highest BCUT2D eigenvalue weighted by atomic mass is 35.5. The summed E-state index contributed by atoms with van der Waals surface area (Å²) in [5, 5.41) is 1.12. The molecule has 0 unspecified atom stereocenters. The number of hydrogen-bond donors (Lipinski definition) is 0. The van der Waals surface area contributed by atoms with Gasteiger partial charge in [0.15, 0.2) is 0 Å². The first-order chi connectivity index (χ1) is 20.5. The summed E-state index contributed by atoms with van der Waals surface area (Å²) in [6.45, 7) is 3.20. The maximum absolute atomic E-state index is 13.8. The van der Waals surface area contributed by atoms with E-state index in [1.165, 1.54) is 0 Å². The normalized spacial score (nSPS) is 14.0. The van der Waals surface area contributed by atoms with Gasteiger partial charge in [0.25, 0.3) is 5.82 Å². The van der Waals surface area contributed by atoms with E-state index in [4.69, 9.17) is 23.2 Å². The van der Waals surface area contributed by atoms with Crippen LogP contribution in [0.1, 0.15) is 75.6 Å². The second-order valence-corrected chi connectivity index (χ2v) is 11.6. The number of imidazole rings is 1. The van der Waals surface area contributed by atoms with Gasteiger partial charge >= 0.3 is 35.8 Å². The van der Waals surface area contributed by atoms with E-state index in [0.29, 0.717) is 29.4 Å². The van der Waals surface area contributed by atoms with Gasteiger partial charge in [0, 0.05) is 29.0 Å². The minimum Gasteiger partial charge on any atom is -0.234 e. The Kier molecular flexibility index (Phi) is 13.0. The molecule has 2 nitrogen and oxygen atoms in total. The van der Waals surface area contributed by atoms with Crippen molar-refractivity contribution in [2.45, 2.75) is 120 Å². The predicted octanol–water partition coefficient (Wildman–Crippen LogP) is 11.1. The number of benzene rings is 1. The summed E-state index contributed by atoms with van der Waals surface area (Å²) >= 11 is 12.5. The van der Waals surface area contributed by atoms with Crippen LogP contribution in [0.4, 0.5) is 57.1 Å². The molecule has 2 aromatic rings. The Balaban J connectivity index is 1.70. The van der Waals surface area contributed by atoms with Crippen LogP contribution in [-0.2, 0) is 13.1 Å². The number of hydrogen-bond acceptors (Lipinski definition) is 0. The molecule has 1 aromatic carbocycles. The Labute approximate surface area is 261 Å². The summed E-state index contributed by atoms with van der Waals surface area (Å²) in [4.78, 5) is 0. The number of unbranched alkanes of at least 4 members (excludes halogenated alkanes) is 8. The molecule has 0 atom stereocenters. The number of aromatic nitrogens is 2. The molecule has 0 aliphatic carbocycles. The first-order valence-electron chi connectivity index (χ1n) is 14.0. The first kappa shape index (κ1) is 39.3. The van der Waals surface area contributed by atoms with Crippen LogP contribution < -0.4 is 4.57 Å². The molecule has 0 fully saturated rings. The summed E-state index contributed by atoms with van der Waals surface area (Å²) in [5.74, 6) is -35.4. The van der Waals surface area contributed by atoms with Gasteiger partial charge in [0.1, 0.15) is 18.9 Å². The third kappa shape index (κ3) is 8.53. The molecule has 45 heavy (non-hydrogen) atoms. The maximum Gasteiger partial charge on any atom is 0.460 e. The number of rotatable bonds is 18. The standard InChI is InChI=1S/C28H32Cl2F13N2/c1-19-44(16-17-45(19)18-20-21(29)12-11-13-22(20)30)15-10-8-6-4-2-3-5-7-9-14-23(31,32)24(33,34)25(35,36)26(37,38)27(39,40)28(41,42)43/h11-13,16-17H,2-10,14-15,18H2,1H3/q+1. The Bertz CT molecular complexity index is 1220. The number of nitrogens with zero attached hydrogens (tertiary/aromatic N) is 2. The second-order valence-electron chi connectivity index (χ2n) is 10.8. The molecule has 0 saturated carbocycles. The lowest BCUT2D eigenvalue weighted by Gasteiger charge is -2.39. The minimum absolute atomic E-state index is 0.193. The number of halogens is 15. The van der Waals surface area contributed by atoms with Gasteiger partial charge in [-0.25, -0.2) is 9.13 Å². The smallest absolute Gasteiger partial charge is 0.234 e. The molecule has 0 bridgehead atoms. The van der Waals surface area contributed by atoms with Crippen molar-refractivity contribution in [2.24, 2.45) is 0 Å². The van der Waals surface area contributed by atoms with E-state index in [1.54, 1.807) is 18.2 Å². The number of aryl methyl sites for hydroxylation is 1. The van der Waals surface area contributed by atoms with Crippen molar-refractivity contribution in [3.05, 3.63) is 52.0 Å². The molecule has 2 rings (SSSR count). The second kappa shape index (κ2) is 14.9. The summed E-state index contributed by atoms with van der Waals surface area (Å²) < 4.78 is 175. The third-order valence-corrected chi connectivity index (χ3v) is 8.24. The van der Waals surface area contributed by atoms with E-state index >= 15 is 0 Å². The summed E-state index contributed by atoms with van der Waals surface area (Å²) in [6.07, 6.45) is -2.19. The highest BCUT2D eigenvalue weighted by Gasteiger charge is 2.90. The van der Waals surface area contributed by atoms with E-state index < -0.39 is 48.6 Å². The zero-order chi connectivity index (χ0) is 34.5. The Morgan fingerprint density at radius 3 is 1.56 bits per heavy atom. The molecule has 258 valence electrons. The predicted molar refractivity (Wildman–Crippen MR) is 142 cm³/mol. The van der Waals surface area contributed by atoms with Gasteiger partial charge in [-0.1, -0.05) is 67.8 Å². The molecule has 0 aliphatic rings. The molecule has 17 heteroatoms. The van der Waals surface area contributed by atoms with Gasteiger partial charge in [-0.3, -0.25) is 0 Å². The van der Waals surface area contributed by atoms with Crippen LogP contribution in [0.3, 0.4) is 0 Å². The fraction of sp³-hybridized carbons (Fsp3) is 0.679. The van der Waals surface area contributed by atoms with Crippen LogP contribution >= 0.6 is 23.2 Å². The van der Waals surface area contributed by atoms with Crippen molar-refractivity contribution >= 4 is 23.2 Å². The van der Waals surface area contributed by atoms with E-state index in [1.807, 2.05) is 23.9 Å². The molecule has 0 N–H and O–H groups in total. The lowest BCUT2D eigenvalue weighted by atomic mass is 9.91. The Morgan fingerprint density at radius 2 is 1.07 bits per heavy atom. The van der Waals surface area contributed by atoms with E-state index in [0.717, 1.165) is 43.6 Å². The zero-order valence-corrected chi connectivity index (χ0v) is 25.4. The fourth-order valence-corrected chi connectivity index (χ4v) is 5.14. The van der Waals surface area contributed by atoms with Gasteiger partial charge in [-0.2, -0.15) is 57.1 Å². The van der Waals surface area contributed by atoms with Crippen molar-refractivity contribution in [1.29, 1.82) is 0 Å². The molecule has 1 heterocycles. The average Bonchev–Trinajstić information content (AvgIpc) is 3.26. The molecular weight excluding hydrogens is 682 g/mol. The van der Waals surface area contributed by atoms with E-state index in [9.17, 15) is 57.1 Å². The molecule has 0 aliphatic heterocycles. The van der Waals surface area contributed by atoms with Crippen molar-refractivity contribution in [3.63, 3.8) is 0 Å². The van der Waals surface area contributed by atoms with Gasteiger partial charge in [0.2, 0.25) is 0 Å². The van der Waals surface area contributed by atoms with Crippen LogP contribution in [0.2, 0.25) is 10.0 Å². The van der Waals surface area contributed by atoms with Crippen LogP contribution in [0, 0.1) is 6.92 Å². The first-order valence-corrected chi connectivity index (χ1v) is 14.7. The quantitative estimate of drug-likeness (QED) is 0.0826. The molecule has 0 saturated heterocycles. The topological polar surface area (TPSA) is 8.81 Å².